The average Bonchev–Trinajstić information content (AvgIpc) is 2.58. The maximum atomic E-state index is 12.0. The first-order chi connectivity index (χ1) is 9.01. The van der Waals surface area contributed by atoms with E-state index < -0.39 is 17.5 Å². The Morgan fingerprint density at radius 2 is 1.68 bits per heavy atom. The predicted molar refractivity (Wildman–Crippen MR) is 73.0 cm³/mol. The Kier molecular flexibility index (Phi) is 2.35. The van der Waals surface area contributed by atoms with Gasteiger partial charge in [0, 0.05) is 5.39 Å². The molecule has 0 bridgehead atoms. The lowest BCUT2D eigenvalue weighted by Crippen LogP contribution is -2.44. The molecule has 19 heavy (non-hydrogen) atoms. The third kappa shape index (κ3) is 1.60. The highest BCUT2D eigenvalue weighted by Crippen LogP contribution is 2.34. The minimum atomic E-state index is -0.929. The van der Waals surface area contributed by atoms with E-state index >= 15 is 0 Å². The van der Waals surface area contributed by atoms with Crippen molar-refractivity contribution in [2.24, 2.45) is 0 Å². The average molecular weight is 253 g/mol. The minimum absolute atomic E-state index is 0.398. The molecule has 0 unspecified atom stereocenters. The Hall–Kier alpha value is -2.36. The van der Waals surface area contributed by atoms with Gasteiger partial charge in [0.2, 0.25) is 0 Å². The molecule has 95 valence electrons. The van der Waals surface area contributed by atoms with E-state index in [-0.39, 0.29) is 0 Å². The van der Waals surface area contributed by atoms with E-state index in [0.717, 1.165) is 16.5 Å². The van der Waals surface area contributed by atoms with E-state index in [4.69, 9.17) is 0 Å². The van der Waals surface area contributed by atoms with Gasteiger partial charge >= 0.3 is 6.03 Å². The molecule has 0 aliphatic carbocycles. The number of carbonyl (C=O) groups is 2. The maximum absolute atomic E-state index is 12.0. The van der Waals surface area contributed by atoms with Crippen molar-refractivity contribution < 1.29 is 9.59 Å². The largest absolute Gasteiger partial charge is 0.352 e. The van der Waals surface area contributed by atoms with E-state index in [9.17, 15) is 9.59 Å². The van der Waals surface area contributed by atoms with Crippen LogP contribution >= 0.6 is 0 Å². The molecule has 0 saturated carbocycles. The fourth-order valence-electron chi connectivity index (χ4n) is 2.42. The van der Waals surface area contributed by atoms with Gasteiger partial charge in [-0.2, -0.15) is 5.32 Å². The molecule has 2 aromatic rings. The van der Waals surface area contributed by atoms with Crippen LogP contribution in [-0.2, 0) is 4.79 Å². The van der Waals surface area contributed by atoms with Gasteiger partial charge in [-0.25, -0.2) is 4.79 Å². The van der Waals surface area contributed by atoms with Gasteiger partial charge in [0.05, 0.1) is 5.69 Å². The maximum Gasteiger partial charge on any atom is 0.352 e. The van der Waals surface area contributed by atoms with Crippen LogP contribution in [0.2, 0.25) is 0 Å². The van der Waals surface area contributed by atoms with Crippen LogP contribution in [0.15, 0.2) is 42.5 Å². The molecule has 1 aliphatic heterocycles. The third-order valence-corrected chi connectivity index (χ3v) is 3.48. The predicted octanol–water partition coefficient (Wildman–Crippen LogP) is 2.69. The van der Waals surface area contributed by atoms with Gasteiger partial charge in [0.15, 0.2) is 0 Å². The Balaban J connectivity index is 2.25. The fraction of sp³-hybridized carbons (Fsp3) is 0.200. The number of nitrogens with zero attached hydrogens (tertiary/aromatic N) is 2. The van der Waals surface area contributed by atoms with Gasteiger partial charge in [0.1, 0.15) is 5.54 Å². The second-order valence-corrected chi connectivity index (χ2v) is 5.09. The van der Waals surface area contributed by atoms with Crippen molar-refractivity contribution in [1.29, 1.82) is 0 Å². The van der Waals surface area contributed by atoms with E-state index in [1.807, 2.05) is 42.5 Å². The van der Waals surface area contributed by atoms with Crippen molar-refractivity contribution in [2.75, 3.05) is 4.90 Å². The number of amides is 3. The lowest BCUT2D eigenvalue weighted by molar-refractivity contribution is -0.122. The summed E-state index contributed by atoms with van der Waals surface area (Å²) in [6, 6.07) is 13.0. The molecule has 0 atom stereocenters. The summed E-state index contributed by atoms with van der Waals surface area (Å²) >= 11 is 0. The van der Waals surface area contributed by atoms with Crippen LogP contribution in [0.4, 0.5) is 10.5 Å². The zero-order valence-electron chi connectivity index (χ0n) is 10.8. The van der Waals surface area contributed by atoms with Crippen LogP contribution < -0.4 is 10.2 Å². The molecule has 0 N–H and O–H groups in total. The molecular weight excluding hydrogens is 240 g/mol. The summed E-state index contributed by atoms with van der Waals surface area (Å²) in [6.07, 6.45) is 0. The van der Waals surface area contributed by atoms with Gasteiger partial charge in [-0.1, -0.05) is 36.4 Å². The second kappa shape index (κ2) is 3.82. The summed E-state index contributed by atoms with van der Waals surface area (Å²) < 4.78 is 0. The van der Waals surface area contributed by atoms with Crippen LogP contribution in [0.3, 0.4) is 0 Å². The SMILES string of the molecule is CC1(C)C(=O)[N]C(=O)N1c1cccc2ccccc12. The van der Waals surface area contributed by atoms with Crippen LogP contribution in [0, 0.1) is 0 Å². The summed E-state index contributed by atoms with van der Waals surface area (Å²) in [5.41, 5.74) is -0.205. The molecule has 4 nitrogen and oxygen atoms in total. The molecule has 1 saturated heterocycles. The Labute approximate surface area is 111 Å². The number of rotatable bonds is 1. The van der Waals surface area contributed by atoms with E-state index in [1.54, 1.807) is 13.8 Å². The molecule has 1 fully saturated rings. The minimum Gasteiger partial charge on any atom is -0.277 e. The number of hydrogen-bond donors (Lipinski definition) is 0. The number of urea groups is 1. The van der Waals surface area contributed by atoms with E-state index in [2.05, 4.69) is 5.32 Å². The summed E-state index contributed by atoms with van der Waals surface area (Å²) in [6.45, 7) is 3.43. The summed E-state index contributed by atoms with van der Waals surface area (Å²) in [5, 5.41) is 5.53. The fourth-order valence-corrected chi connectivity index (χ4v) is 2.42. The summed E-state index contributed by atoms with van der Waals surface area (Å²) in [5.74, 6) is -0.398. The van der Waals surface area contributed by atoms with Crippen molar-refractivity contribution in [3.8, 4) is 0 Å². The first-order valence-electron chi connectivity index (χ1n) is 6.10. The van der Waals surface area contributed by atoms with Crippen molar-refractivity contribution >= 4 is 28.4 Å². The Bertz CT molecular complexity index is 686. The molecule has 3 rings (SSSR count). The topological polar surface area (TPSA) is 51.5 Å². The number of benzene rings is 2. The third-order valence-electron chi connectivity index (χ3n) is 3.48. The van der Waals surface area contributed by atoms with Gasteiger partial charge in [-0.05, 0) is 25.3 Å². The summed E-state index contributed by atoms with van der Waals surface area (Å²) in [7, 11) is 0. The van der Waals surface area contributed by atoms with Crippen molar-refractivity contribution in [2.45, 2.75) is 19.4 Å². The molecule has 2 aromatic carbocycles. The molecule has 1 heterocycles. The number of fused-ring (bicyclic) bond motifs is 1. The Morgan fingerprint density at radius 3 is 2.37 bits per heavy atom. The number of carbonyl (C=O) groups excluding carboxylic acids is 2. The first-order valence-corrected chi connectivity index (χ1v) is 6.10. The summed E-state index contributed by atoms with van der Waals surface area (Å²) in [4.78, 5) is 25.2. The second-order valence-electron chi connectivity index (χ2n) is 5.09. The van der Waals surface area contributed by atoms with Gasteiger partial charge in [0.25, 0.3) is 5.91 Å². The molecule has 1 radical (unpaired) electrons. The van der Waals surface area contributed by atoms with Crippen molar-refractivity contribution in [3.63, 3.8) is 0 Å². The lowest BCUT2D eigenvalue weighted by Gasteiger charge is -2.28. The van der Waals surface area contributed by atoms with E-state index in [0.29, 0.717) is 0 Å². The molecule has 1 aliphatic rings. The standard InChI is InChI=1S/C15H13N2O2/c1-15(2)13(18)16-14(19)17(15)12-9-5-7-10-6-3-4-8-11(10)12/h3-9H,1-2H3. The van der Waals surface area contributed by atoms with Gasteiger partial charge < -0.3 is 0 Å². The normalized spacial score (nSPS) is 17.9. The molecule has 0 spiro atoms. The van der Waals surface area contributed by atoms with Crippen LogP contribution in [-0.4, -0.2) is 17.5 Å². The molecular formula is C15H13N2O2. The number of hydrogen-bond acceptors (Lipinski definition) is 2. The zero-order valence-corrected chi connectivity index (χ0v) is 10.8. The quantitative estimate of drug-likeness (QED) is 0.734. The Morgan fingerprint density at radius 1 is 1.00 bits per heavy atom. The lowest BCUT2D eigenvalue weighted by atomic mass is 10.0. The van der Waals surface area contributed by atoms with Gasteiger partial charge in [-0.15, -0.1) is 0 Å². The van der Waals surface area contributed by atoms with Crippen LogP contribution in [0.25, 0.3) is 10.8 Å². The number of imide groups is 1. The first kappa shape index (κ1) is 11.7. The van der Waals surface area contributed by atoms with E-state index in [1.165, 1.54) is 4.90 Å². The van der Waals surface area contributed by atoms with Gasteiger partial charge in [-0.3, -0.25) is 9.69 Å². The highest BCUT2D eigenvalue weighted by atomic mass is 16.2. The van der Waals surface area contributed by atoms with Crippen LogP contribution in [0.1, 0.15) is 13.8 Å². The highest BCUT2D eigenvalue weighted by molar-refractivity contribution is 6.18. The smallest absolute Gasteiger partial charge is 0.277 e. The van der Waals surface area contributed by atoms with Crippen molar-refractivity contribution in [3.05, 3.63) is 42.5 Å². The van der Waals surface area contributed by atoms with Crippen molar-refractivity contribution in [1.82, 2.24) is 5.32 Å². The highest BCUT2D eigenvalue weighted by Gasteiger charge is 2.48. The molecule has 3 amide bonds. The number of anilines is 1. The zero-order chi connectivity index (χ0) is 13.6. The molecule has 4 heteroatoms. The molecule has 0 aromatic heterocycles. The van der Waals surface area contributed by atoms with Crippen LogP contribution in [0.5, 0.6) is 0 Å². The monoisotopic (exact) mass is 253 g/mol.